The van der Waals surface area contributed by atoms with E-state index in [9.17, 15) is 5.11 Å². The summed E-state index contributed by atoms with van der Waals surface area (Å²) in [4.78, 5) is 0. The summed E-state index contributed by atoms with van der Waals surface area (Å²) in [6, 6.07) is 8.39. The van der Waals surface area contributed by atoms with E-state index in [1.807, 2.05) is 6.92 Å². The lowest BCUT2D eigenvalue weighted by Crippen LogP contribution is -2.00. The Labute approximate surface area is 90.2 Å². The Morgan fingerprint density at radius 1 is 1.33 bits per heavy atom. The van der Waals surface area contributed by atoms with Crippen molar-refractivity contribution in [2.45, 2.75) is 25.9 Å². The van der Waals surface area contributed by atoms with Crippen LogP contribution in [0.1, 0.15) is 18.9 Å². The molecule has 2 heteroatoms. The second-order valence-corrected chi connectivity index (χ2v) is 4.17. The van der Waals surface area contributed by atoms with Gasteiger partial charge in [0.1, 0.15) is 0 Å². The second kappa shape index (κ2) is 4.07. The van der Waals surface area contributed by atoms with Gasteiger partial charge < -0.3 is 9.67 Å². The molecule has 0 saturated carbocycles. The molecule has 80 valence electrons. The van der Waals surface area contributed by atoms with E-state index in [1.54, 1.807) is 0 Å². The van der Waals surface area contributed by atoms with Crippen LogP contribution < -0.4 is 0 Å². The maximum atomic E-state index is 9.29. The van der Waals surface area contributed by atoms with Crippen molar-refractivity contribution in [1.29, 1.82) is 0 Å². The average molecular weight is 203 g/mol. The Hall–Kier alpha value is -1.28. The summed E-state index contributed by atoms with van der Waals surface area (Å²) in [5.41, 5.74) is 2.59. The predicted octanol–water partition coefficient (Wildman–Crippen LogP) is 2.49. The van der Waals surface area contributed by atoms with E-state index in [1.165, 1.54) is 16.5 Å². The SMILES string of the molecule is C[C@H](O)CCc1cn(C)c2ccccc12. The fourth-order valence-electron chi connectivity index (χ4n) is 1.99. The van der Waals surface area contributed by atoms with Gasteiger partial charge >= 0.3 is 0 Å². The third-order valence-corrected chi connectivity index (χ3v) is 2.81. The molecule has 2 aromatic rings. The fourth-order valence-corrected chi connectivity index (χ4v) is 1.99. The lowest BCUT2D eigenvalue weighted by molar-refractivity contribution is 0.185. The largest absolute Gasteiger partial charge is 0.393 e. The molecule has 0 saturated heterocycles. The zero-order valence-corrected chi connectivity index (χ0v) is 9.27. The first-order valence-electron chi connectivity index (χ1n) is 5.39. The van der Waals surface area contributed by atoms with Gasteiger partial charge in [0.2, 0.25) is 0 Å². The molecule has 0 fully saturated rings. The number of aromatic nitrogens is 1. The zero-order valence-electron chi connectivity index (χ0n) is 9.27. The van der Waals surface area contributed by atoms with Gasteiger partial charge in [-0.15, -0.1) is 0 Å². The maximum Gasteiger partial charge on any atom is 0.0515 e. The van der Waals surface area contributed by atoms with E-state index >= 15 is 0 Å². The van der Waals surface area contributed by atoms with Gasteiger partial charge in [-0.05, 0) is 31.4 Å². The summed E-state index contributed by atoms with van der Waals surface area (Å²) in [7, 11) is 2.06. The third-order valence-electron chi connectivity index (χ3n) is 2.81. The second-order valence-electron chi connectivity index (χ2n) is 4.17. The number of nitrogens with zero attached hydrogens (tertiary/aromatic N) is 1. The normalized spacial score (nSPS) is 13.3. The first-order chi connectivity index (χ1) is 7.18. The average Bonchev–Trinajstić information content (AvgIpc) is 2.54. The highest BCUT2D eigenvalue weighted by Crippen LogP contribution is 2.21. The number of rotatable bonds is 3. The van der Waals surface area contributed by atoms with Crippen molar-refractivity contribution in [3.05, 3.63) is 36.0 Å². The molecular weight excluding hydrogens is 186 g/mol. The standard InChI is InChI=1S/C13H17NO/c1-10(15)7-8-11-9-14(2)13-6-4-3-5-12(11)13/h3-6,9-10,15H,7-8H2,1-2H3/t10-/m0/s1. The van der Waals surface area contributed by atoms with Gasteiger partial charge in [0, 0.05) is 24.1 Å². The van der Waals surface area contributed by atoms with Crippen molar-refractivity contribution >= 4 is 10.9 Å². The van der Waals surface area contributed by atoms with E-state index in [0.717, 1.165) is 12.8 Å². The van der Waals surface area contributed by atoms with Crippen LogP contribution in [0.3, 0.4) is 0 Å². The van der Waals surface area contributed by atoms with Crippen molar-refractivity contribution in [2.24, 2.45) is 7.05 Å². The molecule has 1 atom stereocenters. The zero-order chi connectivity index (χ0) is 10.8. The summed E-state index contributed by atoms with van der Waals surface area (Å²) in [5.74, 6) is 0. The van der Waals surface area contributed by atoms with Crippen molar-refractivity contribution in [3.8, 4) is 0 Å². The highest BCUT2D eigenvalue weighted by Gasteiger charge is 2.06. The van der Waals surface area contributed by atoms with Crippen LogP contribution in [0.2, 0.25) is 0 Å². The van der Waals surface area contributed by atoms with Gasteiger partial charge in [0.15, 0.2) is 0 Å². The van der Waals surface area contributed by atoms with Crippen LogP contribution in [0.4, 0.5) is 0 Å². The summed E-state index contributed by atoms with van der Waals surface area (Å²) in [6.45, 7) is 1.84. The Morgan fingerprint density at radius 3 is 2.80 bits per heavy atom. The van der Waals surface area contributed by atoms with Crippen LogP contribution in [0.15, 0.2) is 30.5 Å². The molecule has 2 rings (SSSR count). The van der Waals surface area contributed by atoms with E-state index in [2.05, 4.69) is 42.1 Å². The first-order valence-corrected chi connectivity index (χ1v) is 5.39. The molecule has 2 nitrogen and oxygen atoms in total. The quantitative estimate of drug-likeness (QED) is 0.814. The minimum atomic E-state index is -0.219. The number of benzene rings is 1. The van der Waals surface area contributed by atoms with E-state index in [4.69, 9.17) is 0 Å². The van der Waals surface area contributed by atoms with Gasteiger partial charge in [-0.2, -0.15) is 0 Å². The number of fused-ring (bicyclic) bond motifs is 1. The first kappa shape index (κ1) is 10.2. The molecule has 0 aliphatic rings. The van der Waals surface area contributed by atoms with Crippen LogP contribution >= 0.6 is 0 Å². The fraction of sp³-hybridized carbons (Fsp3) is 0.385. The minimum absolute atomic E-state index is 0.219. The number of aliphatic hydroxyl groups is 1. The highest BCUT2D eigenvalue weighted by molar-refractivity contribution is 5.83. The van der Waals surface area contributed by atoms with Gasteiger partial charge in [-0.1, -0.05) is 18.2 Å². The van der Waals surface area contributed by atoms with Crippen LogP contribution in [0.25, 0.3) is 10.9 Å². The maximum absolute atomic E-state index is 9.29. The molecular formula is C13H17NO. The number of aliphatic hydroxyl groups excluding tert-OH is 1. The molecule has 1 aromatic carbocycles. The van der Waals surface area contributed by atoms with E-state index in [-0.39, 0.29) is 6.10 Å². The Kier molecular flexibility index (Phi) is 2.78. The van der Waals surface area contributed by atoms with Gasteiger partial charge in [0.25, 0.3) is 0 Å². The Bertz CT molecular complexity index is 457. The molecule has 15 heavy (non-hydrogen) atoms. The number of para-hydroxylation sites is 1. The number of hydrogen-bond acceptors (Lipinski definition) is 1. The Balaban J connectivity index is 2.35. The molecule has 1 N–H and O–H groups in total. The third kappa shape index (κ3) is 2.05. The molecule has 0 amide bonds. The summed E-state index contributed by atoms with van der Waals surface area (Å²) in [6.07, 6.45) is 3.71. The topological polar surface area (TPSA) is 25.2 Å². The van der Waals surface area contributed by atoms with Crippen LogP contribution in [0, 0.1) is 0 Å². The van der Waals surface area contributed by atoms with Crippen molar-refractivity contribution in [2.75, 3.05) is 0 Å². The van der Waals surface area contributed by atoms with Crippen LogP contribution in [-0.2, 0) is 13.5 Å². The van der Waals surface area contributed by atoms with Crippen molar-refractivity contribution in [1.82, 2.24) is 4.57 Å². The number of aryl methyl sites for hydroxylation is 2. The molecule has 0 spiro atoms. The predicted molar refractivity (Wildman–Crippen MR) is 62.9 cm³/mol. The molecule has 1 aromatic heterocycles. The van der Waals surface area contributed by atoms with Crippen LogP contribution in [-0.4, -0.2) is 15.8 Å². The highest BCUT2D eigenvalue weighted by atomic mass is 16.3. The molecule has 0 radical (unpaired) electrons. The van der Waals surface area contributed by atoms with Gasteiger partial charge in [-0.3, -0.25) is 0 Å². The number of hydrogen-bond donors (Lipinski definition) is 1. The van der Waals surface area contributed by atoms with E-state index < -0.39 is 0 Å². The van der Waals surface area contributed by atoms with Crippen molar-refractivity contribution < 1.29 is 5.11 Å². The summed E-state index contributed by atoms with van der Waals surface area (Å²) >= 11 is 0. The Morgan fingerprint density at radius 2 is 2.07 bits per heavy atom. The minimum Gasteiger partial charge on any atom is -0.393 e. The summed E-state index contributed by atoms with van der Waals surface area (Å²) in [5, 5.41) is 10.6. The molecule has 1 heterocycles. The van der Waals surface area contributed by atoms with Crippen molar-refractivity contribution in [3.63, 3.8) is 0 Å². The van der Waals surface area contributed by atoms with Gasteiger partial charge in [0.05, 0.1) is 6.10 Å². The molecule has 0 unspecified atom stereocenters. The molecule has 0 bridgehead atoms. The van der Waals surface area contributed by atoms with Crippen LogP contribution in [0.5, 0.6) is 0 Å². The smallest absolute Gasteiger partial charge is 0.0515 e. The monoisotopic (exact) mass is 203 g/mol. The lowest BCUT2D eigenvalue weighted by atomic mass is 10.1. The lowest BCUT2D eigenvalue weighted by Gasteiger charge is -2.02. The summed E-state index contributed by atoms with van der Waals surface area (Å²) < 4.78 is 2.15. The van der Waals surface area contributed by atoms with Gasteiger partial charge in [-0.25, -0.2) is 0 Å². The molecule has 0 aliphatic heterocycles. The molecule has 0 aliphatic carbocycles. The van der Waals surface area contributed by atoms with E-state index in [0.29, 0.717) is 0 Å².